The highest BCUT2D eigenvalue weighted by atomic mass is 35.5. The molecule has 0 radical (unpaired) electrons. The van der Waals surface area contributed by atoms with E-state index in [0.29, 0.717) is 0 Å². The predicted octanol–water partition coefficient (Wildman–Crippen LogP) is 7.88. The second kappa shape index (κ2) is 16.9. The minimum atomic E-state index is -4.66. The maximum Gasteiger partial charge on any atom is 0.494 e. The quantitative estimate of drug-likeness (QED) is 0.113. The number of benzene rings is 3. The molecule has 1 aromatic heterocycles. The van der Waals surface area contributed by atoms with Gasteiger partial charge in [-0.3, -0.25) is 0 Å². The van der Waals surface area contributed by atoms with Gasteiger partial charge in [0.25, 0.3) is 0 Å². The highest BCUT2D eigenvalue weighted by Gasteiger charge is 2.51. The number of nitrogens with zero attached hydrogens (tertiary/aromatic N) is 2. The Kier molecular flexibility index (Phi) is 13.2. The lowest BCUT2D eigenvalue weighted by atomic mass is 9.78. The van der Waals surface area contributed by atoms with E-state index in [1.807, 2.05) is 83.1 Å². The maximum absolute atomic E-state index is 13.5. The molecule has 1 aliphatic rings. The summed E-state index contributed by atoms with van der Waals surface area (Å²) in [4.78, 5) is 30.6. The van der Waals surface area contributed by atoms with E-state index in [1.54, 1.807) is 32.9 Å². The number of carboxylic acid groups (broad SMARTS) is 1. The number of nitrogen functional groups attached to an aromatic ring is 1. The van der Waals surface area contributed by atoms with Crippen LogP contribution in [-0.2, 0) is 25.3 Å². The number of carboxylic acids is 1. The Hall–Kier alpha value is -4.86. The summed E-state index contributed by atoms with van der Waals surface area (Å²) >= 11 is 5.70. The molecule has 294 valence electrons. The number of aryl methyl sites for hydroxylation is 1. The Bertz CT molecular complexity index is 1920. The van der Waals surface area contributed by atoms with Gasteiger partial charge in [0, 0.05) is 18.1 Å². The van der Waals surface area contributed by atoms with Crippen molar-refractivity contribution in [1.82, 2.24) is 15.3 Å². The number of ether oxygens (including phenoxy) is 2. The molecule has 5 rings (SSSR count). The molecule has 55 heavy (non-hydrogen) atoms. The number of amides is 1. The third kappa shape index (κ3) is 12.1. The number of rotatable bonds is 9. The molecule has 0 saturated carbocycles. The molecule has 3 aromatic carbocycles. The van der Waals surface area contributed by atoms with Crippen molar-refractivity contribution in [3.8, 4) is 17.0 Å². The zero-order chi connectivity index (χ0) is 40.9. The molecule has 0 bridgehead atoms. The van der Waals surface area contributed by atoms with E-state index in [-0.39, 0.29) is 29.0 Å². The van der Waals surface area contributed by atoms with Crippen LogP contribution in [0.15, 0.2) is 78.9 Å². The molecule has 2 atom stereocenters. The van der Waals surface area contributed by atoms with Crippen LogP contribution in [0.25, 0.3) is 11.1 Å². The molecule has 2 heterocycles. The lowest BCUT2D eigenvalue weighted by Crippen LogP contribution is -2.44. The van der Waals surface area contributed by atoms with E-state index in [0.717, 1.165) is 33.8 Å². The SMILES string of the molecule is CC(C)(C)OC(=O)N[C@@H](Cc1ccc(B2OC(C)(C)C(C)(C)O2)cc1)C(=O)O.Cc1cccc(-c2ccc([C@@H](Oc3cc(Cl)nc(N)n3)C(F)(F)F)cc2)c1. The van der Waals surface area contributed by atoms with E-state index < -0.39 is 54.3 Å². The van der Waals surface area contributed by atoms with Gasteiger partial charge in [0.2, 0.25) is 17.9 Å². The molecule has 16 heteroatoms. The van der Waals surface area contributed by atoms with Crippen LogP contribution in [0.1, 0.15) is 71.3 Å². The van der Waals surface area contributed by atoms with Gasteiger partial charge in [0.15, 0.2) is 0 Å². The van der Waals surface area contributed by atoms with Gasteiger partial charge in [-0.25, -0.2) is 14.6 Å². The van der Waals surface area contributed by atoms with Crippen LogP contribution in [0.2, 0.25) is 5.15 Å². The average molecular weight is 785 g/mol. The summed E-state index contributed by atoms with van der Waals surface area (Å²) in [6, 6.07) is 21.0. The highest BCUT2D eigenvalue weighted by molar-refractivity contribution is 6.62. The summed E-state index contributed by atoms with van der Waals surface area (Å²) in [6.45, 7) is 15.1. The fourth-order valence-electron chi connectivity index (χ4n) is 5.27. The molecule has 0 spiro atoms. The van der Waals surface area contributed by atoms with Gasteiger partial charge in [-0.05, 0) is 77.5 Å². The minimum Gasteiger partial charge on any atom is -0.480 e. The summed E-state index contributed by atoms with van der Waals surface area (Å²) in [7, 11) is -0.478. The molecular weight excluding hydrogens is 740 g/mol. The van der Waals surface area contributed by atoms with Crippen LogP contribution in [0, 0.1) is 6.92 Å². The zero-order valence-electron chi connectivity index (χ0n) is 31.8. The summed E-state index contributed by atoms with van der Waals surface area (Å²) in [5.74, 6) is -1.74. The van der Waals surface area contributed by atoms with E-state index in [2.05, 4.69) is 15.3 Å². The number of alkyl carbamates (subject to hydrolysis) is 1. The van der Waals surface area contributed by atoms with Crippen molar-refractivity contribution < 1.29 is 46.6 Å². The van der Waals surface area contributed by atoms with E-state index in [1.165, 1.54) is 12.1 Å². The molecule has 1 saturated heterocycles. The number of carbonyl (C=O) groups excluding carboxylic acids is 1. The first-order chi connectivity index (χ1) is 25.4. The highest BCUT2D eigenvalue weighted by Crippen LogP contribution is 2.38. The third-order valence-corrected chi connectivity index (χ3v) is 8.92. The van der Waals surface area contributed by atoms with Gasteiger partial charge in [0.05, 0.1) is 11.2 Å². The fourth-order valence-corrected chi connectivity index (χ4v) is 5.45. The van der Waals surface area contributed by atoms with Crippen molar-refractivity contribution in [2.45, 2.75) is 96.9 Å². The first-order valence-corrected chi connectivity index (χ1v) is 17.7. The lowest BCUT2D eigenvalue weighted by molar-refractivity contribution is -0.198. The van der Waals surface area contributed by atoms with Crippen molar-refractivity contribution in [2.75, 3.05) is 5.73 Å². The molecular formula is C39H45BClF3N4O7. The number of hydrogen-bond donors (Lipinski definition) is 3. The number of aliphatic carboxylic acids is 1. The van der Waals surface area contributed by atoms with E-state index in [4.69, 9.17) is 36.1 Å². The van der Waals surface area contributed by atoms with Gasteiger partial charge >= 0.3 is 25.4 Å². The van der Waals surface area contributed by atoms with Crippen molar-refractivity contribution in [3.05, 3.63) is 101 Å². The molecule has 11 nitrogen and oxygen atoms in total. The summed E-state index contributed by atoms with van der Waals surface area (Å²) in [6.07, 6.45) is -7.49. The molecule has 0 aliphatic carbocycles. The Balaban J connectivity index is 0.000000245. The number of nitrogens with two attached hydrogens (primary N) is 1. The largest absolute Gasteiger partial charge is 0.494 e. The number of nitrogens with one attached hydrogen (secondary N) is 1. The second-order valence-corrected chi connectivity index (χ2v) is 15.4. The average Bonchev–Trinajstić information content (AvgIpc) is 3.28. The number of hydrogen-bond acceptors (Lipinski definition) is 9. The standard InChI is InChI=1S/C20H30BNO6.C19H15ClF3N3O/c1-18(2,3)26-17(25)22-15(16(23)24)12-13-8-10-14(11-9-13)21-27-19(4,5)20(6,7)28-21;1-11-3-2-4-14(9-11)12-5-7-13(8-6-12)17(19(21,22)23)27-16-10-15(20)25-18(24)26-16/h8-11,15H,12H2,1-7H3,(H,22,25)(H,23,24);2-10,17H,1H3,(H2,24,25,26)/t15-;17-/m01/s1. The minimum absolute atomic E-state index is 0.0628. The normalized spacial score (nSPS) is 16.0. The Morgan fingerprint density at radius 3 is 2.04 bits per heavy atom. The van der Waals surface area contributed by atoms with Crippen LogP contribution in [-0.4, -0.2) is 63.3 Å². The number of halogens is 4. The zero-order valence-corrected chi connectivity index (χ0v) is 32.6. The Morgan fingerprint density at radius 1 is 0.927 bits per heavy atom. The van der Waals surface area contributed by atoms with Gasteiger partial charge in [-0.15, -0.1) is 0 Å². The number of alkyl halides is 3. The topological polar surface area (TPSA) is 155 Å². The van der Waals surface area contributed by atoms with Gasteiger partial charge < -0.3 is 34.9 Å². The first kappa shape index (κ1) is 42.9. The molecule has 1 fully saturated rings. The smallest absolute Gasteiger partial charge is 0.480 e. The van der Waals surface area contributed by atoms with Crippen LogP contribution < -0.4 is 21.3 Å². The second-order valence-electron chi connectivity index (χ2n) is 15.0. The van der Waals surface area contributed by atoms with Crippen molar-refractivity contribution in [1.29, 1.82) is 0 Å². The monoisotopic (exact) mass is 784 g/mol. The predicted molar refractivity (Wildman–Crippen MR) is 204 cm³/mol. The van der Waals surface area contributed by atoms with Crippen molar-refractivity contribution in [2.24, 2.45) is 0 Å². The van der Waals surface area contributed by atoms with Crippen LogP contribution in [0.5, 0.6) is 5.88 Å². The summed E-state index contributed by atoms with van der Waals surface area (Å²) in [5.41, 5.74) is 8.20. The Morgan fingerprint density at radius 2 is 1.53 bits per heavy atom. The first-order valence-electron chi connectivity index (χ1n) is 17.3. The number of carbonyl (C=O) groups is 2. The van der Waals surface area contributed by atoms with Gasteiger partial charge in [0.1, 0.15) is 16.8 Å². The van der Waals surface area contributed by atoms with Crippen molar-refractivity contribution >= 4 is 42.2 Å². The molecule has 4 aromatic rings. The summed E-state index contributed by atoms with van der Waals surface area (Å²) in [5, 5.41) is 11.7. The van der Waals surface area contributed by atoms with Crippen molar-refractivity contribution in [3.63, 3.8) is 0 Å². The van der Waals surface area contributed by atoms with Crippen LogP contribution >= 0.6 is 11.6 Å². The number of anilines is 1. The van der Waals surface area contributed by atoms with E-state index in [9.17, 15) is 27.9 Å². The van der Waals surface area contributed by atoms with Gasteiger partial charge in [-0.2, -0.15) is 18.2 Å². The third-order valence-electron chi connectivity index (χ3n) is 8.72. The van der Waals surface area contributed by atoms with E-state index >= 15 is 0 Å². The van der Waals surface area contributed by atoms with Crippen LogP contribution in [0.4, 0.5) is 23.9 Å². The molecule has 0 unspecified atom stereocenters. The summed E-state index contributed by atoms with van der Waals surface area (Å²) < 4.78 is 62.8. The fraction of sp³-hybridized carbons (Fsp3) is 0.385. The maximum atomic E-state index is 13.5. The lowest BCUT2D eigenvalue weighted by Gasteiger charge is -2.32. The van der Waals surface area contributed by atoms with Crippen LogP contribution in [0.3, 0.4) is 0 Å². The molecule has 4 N–H and O–H groups in total. The van der Waals surface area contributed by atoms with Gasteiger partial charge in [-0.1, -0.05) is 90.0 Å². The number of aromatic nitrogens is 2. The molecule has 1 aliphatic heterocycles. The Labute approximate surface area is 323 Å². The molecule has 1 amide bonds.